The van der Waals surface area contributed by atoms with Gasteiger partial charge in [-0.15, -0.1) is 0 Å². The van der Waals surface area contributed by atoms with E-state index in [2.05, 4.69) is 5.32 Å². The largest absolute Gasteiger partial charge is 0.497 e. The predicted octanol–water partition coefficient (Wildman–Crippen LogP) is 3.01. The Morgan fingerprint density at radius 1 is 1.18 bits per heavy atom. The van der Waals surface area contributed by atoms with Crippen molar-refractivity contribution < 1.29 is 26.7 Å². The maximum Gasteiger partial charge on any atom is 0.241 e. The Balaban J connectivity index is 2.20. The van der Waals surface area contributed by atoms with E-state index in [1.165, 1.54) is 0 Å². The molecule has 0 saturated carbocycles. The number of nitrogens with one attached hydrogen (secondary N) is 1. The number of carbonyl (C=O) groups is 1. The lowest BCUT2D eigenvalue weighted by Gasteiger charge is -2.24. The number of carbonyl (C=O) groups excluding carboxylic acids is 1. The van der Waals surface area contributed by atoms with Crippen LogP contribution in [0.5, 0.6) is 5.75 Å². The molecule has 1 N–H and O–H groups in total. The van der Waals surface area contributed by atoms with Gasteiger partial charge in [0.2, 0.25) is 15.9 Å². The second-order valence-corrected chi connectivity index (χ2v) is 8.07. The van der Waals surface area contributed by atoms with E-state index in [9.17, 15) is 22.0 Å². The Labute approximate surface area is 163 Å². The lowest BCUT2D eigenvalue weighted by molar-refractivity contribution is -0.120. The van der Waals surface area contributed by atoms with Gasteiger partial charge >= 0.3 is 0 Å². The summed E-state index contributed by atoms with van der Waals surface area (Å²) >= 11 is 0. The SMILES string of the molecule is CC[C@H](NC(=O)CN(c1ccc(F)cc1F)S(C)(=O)=O)c1ccc(OC)cc1. The van der Waals surface area contributed by atoms with E-state index in [0.29, 0.717) is 22.5 Å². The lowest BCUT2D eigenvalue weighted by Crippen LogP contribution is -2.41. The van der Waals surface area contributed by atoms with Crippen LogP contribution in [0.15, 0.2) is 42.5 Å². The van der Waals surface area contributed by atoms with Gasteiger partial charge in [0.15, 0.2) is 0 Å². The van der Waals surface area contributed by atoms with Crippen LogP contribution in [0, 0.1) is 11.6 Å². The Kier molecular flexibility index (Phi) is 6.95. The van der Waals surface area contributed by atoms with Crippen molar-refractivity contribution in [3.63, 3.8) is 0 Å². The third kappa shape index (κ3) is 5.41. The van der Waals surface area contributed by atoms with Gasteiger partial charge in [-0.05, 0) is 36.2 Å². The number of rotatable bonds is 8. The van der Waals surface area contributed by atoms with E-state index in [1.54, 1.807) is 31.4 Å². The molecule has 152 valence electrons. The average molecular weight is 412 g/mol. The van der Waals surface area contributed by atoms with Gasteiger partial charge < -0.3 is 10.1 Å². The van der Waals surface area contributed by atoms with Crippen molar-refractivity contribution in [3.05, 3.63) is 59.7 Å². The van der Waals surface area contributed by atoms with Crippen LogP contribution in [0.2, 0.25) is 0 Å². The summed E-state index contributed by atoms with van der Waals surface area (Å²) < 4.78 is 57.0. The molecule has 0 spiro atoms. The summed E-state index contributed by atoms with van der Waals surface area (Å²) in [5.74, 6) is -1.86. The van der Waals surface area contributed by atoms with Gasteiger partial charge in [-0.3, -0.25) is 9.10 Å². The van der Waals surface area contributed by atoms with Crippen molar-refractivity contribution in [1.82, 2.24) is 5.32 Å². The fourth-order valence-electron chi connectivity index (χ4n) is 2.69. The number of hydrogen-bond donors (Lipinski definition) is 1. The van der Waals surface area contributed by atoms with Crippen LogP contribution in [0.1, 0.15) is 24.9 Å². The van der Waals surface area contributed by atoms with Gasteiger partial charge in [0, 0.05) is 6.07 Å². The normalized spacial score (nSPS) is 12.3. The van der Waals surface area contributed by atoms with Gasteiger partial charge in [0.05, 0.1) is 25.1 Å². The molecule has 0 heterocycles. The Morgan fingerprint density at radius 3 is 2.32 bits per heavy atom. The van der Waals surface area contributed by atoms with Crippen LogP contribution in [0.3, 0.4) is 0 Å². The van der Waals surface area contributed by atoms with Crippen molar-refractivity contribution in [2.75, 3.05) is 24.2 Å². The van der Waals surface area contributed by atoms with Crippen LogP contribution < -0.4 is 14.4 Å². The van der Waals surface area contributed by atoms with E-state index in [-0.39, 0.29) is 6.04 Å². The summed E-state index contributed by atoms with van der Waals surface area (Å²) in [5, 5.41) is 2.74. The first-order chi connectivity index (χ1) is 13.2. The highest BCUT2D eigenvalue weighted by Gasteiger charge is 2.25. The fraction of sp³-hybridized carbons (Fsp3) is 0.316. The molecule has 2 rings (SSSR count). The highest BCUT2D eigenvalue weighted by molar-refractivity contribution is 7.92. The lowest BCUT2D eigenvalue weighted by atomic mass is 10.0. The van der Waals surface area contributed by atoms with Gasteiger partial charge in [-0.25, -0.2) is 17.2 Å². The molecule has 0 unspecified atom stereocenters. The van der Waals surface area contributed by atoms with Crippen molar-refractivity contribution >= 4 is 21.6 Å². The van der Waals surface area contributed by atoms with E-state index in [1.807, 2.05) is 6.92 Å². The number of nitrogens with zero attached hydrogens (tertiary/aromatic N) is 1. The van der Waals surface area contributed by atoms with Crippen molar-refractivity contribution in [2.24, 2.45) is 0 Å². The van der Waals surface area contributed by atoms with Crippen LogP contribution >= 0.6 is 0 Å². The first kappa shape index (κ1) is 21.6. The van der Waals surface area contributed by atoms with E-state index >= 15 is 0 Å². The molecule has 6 nitrogen and oxygen atoms in total. The maximum atomic E-state index is 14.1. The number of hydrogen-bond acceptors (Lipinski definition) is 4. The molecule has 0 aliphatic carbocycles. The van der Waals surface area contributed by atoms with E-state index in [0.717, 1.165) is 24.0 Å². The van der Waals surface area contributed by atoms with Crippen molar-refractivity contribution in [1.29, 1.82) is 0 Å². The zero-order valence-electron chi connectivity index (χ0n) is 15.8. The number of ether oxygens (including phenoxy) is 1. The third-order valence-corrected chi connectivity index (χ3v) is 5.25. The monoisotopic (exact) mass is 412 g/mol. The number of anilines is 1. The maximum absolute atomic E-state index is 14.1. The van der Waals surface area contributed by atoms with Gasteiger partial charge in [0.1, 0.15) is 23.9 Å². The van der Waals surface area contributed by atoms with Crippen LogP contribution in [-0.2, 0) is 14.8 Å². The molecule has 1 amide bonds. The summed E-state index contributed by atoms with van der Waals surface area (Å²) in [6.45, 7) is 1.23. The molecular weight excluding hydrogens is 390 g/mol. The van der Waals surface area contributed by atoms with E-state index < -0.39 is 39.8 Å². The van der Waals surface area contributed by atoms with Crippen molar-refractivity contribution in [3.8, 4) is 5.75 Å². The molecule has 1 atom stereocenters. The quantitative estimate of drug-likeness (QED) is 0.723. The second kappa shape index (κ2) is 9.01. The fourth-order valence-corrected chi connectivity index (χ4v) is 3.55. The highest BCUT2D eigenvalue weighted by atomic mass is 32.2. The summed E-state index contributed by atoms with van der Waals surface area (Å²) in [4.78, 5) is 12.5. The molecule has 0 aliphatic heterocycles. The minimum absolute atomic E-state index is 0.363. The number of amides is 1. The molecule has 0 radical (unpaired) electrons. The third-order valence-electron chi connectivity index (χ3n) is 4.13. The minimum Gasteiger partial charge on any atom is -0.497 e. The first-order valence-corrected chi connectivity index (χ1v) is 10.4. The van der Waals surface area contributed by atoms with Gasteiger partial charge in [-0.1, -0.05) is 19.1 Å². The number of halogens is 2. The molecule has 2 aromatic carbocycles. The summed E-state index contributed by atoms with van der Waals surface area (Å²) in [7, 11) is -2.43. The number of methoxy groups -OCH3 is 1. The van der Waals surface area contributed by atoms with Gasteiger partial charge in [-0.2, -0.15) is 0 Å². The van der Waals surface area contributed by atoms with E-state index in [4.69, 9.17) is 4.74 Å². The number of sulfonamides is 1. The predicted molar refractivity (Wildman–Crippen MR) is 103 cm³/mol. The zero-order chi connectivity index (χ0) is 20.9. The molecule has 9 heteroatoms. The van der Waals surface area contributed by atoms with Crippen LogP contribution in [0.25, 0.3) is 0 Å². The molecule has 2 aromatic rings. The Morgan fingerprint density at radius 2 is 1.82 bits per heavy atom. The molecule has 28 heavy (non-hydrogen) atoms. The molecule has 0 saturated heterocycles. The topological polar surface area (TPSA) is 75.7 Å². The molecule has 0 aliphatic rings. The summed E-state index contributed by atoms with van der Waals surface area (Å²) in [6.07, 6.45) is 1.41. The molecule has 0 aromatic heterocycles. The highest BCUT2D eigenvalue weighted by Crippen LogP contribution is 2.23. The minimum atomic E-state index is -3.97. The van der Waals surface area contributed by atoms with Gasteiger partial charge in [0.25, 0.3) is 0 Å². The summed E-state index contributed by atoms with van der Waals surface area (Å²) in [5.41, 5.74) is 0.423. The van der Waals surface area contributed by atoms with Crippen LogP contribution in [-0.4, -0.2) is 34.2 Å². The Bertz CT molecular complexity index is 933. The molecular formula is C19H22F2N2O4S. The second-order valence-electron chi connectivity index (χ2n) is 6.17. The Hall–Kier alpha value is -2.68. The standard InChI is InChI=1S/C19H22F2N2O4S/c1-4-17(13-5-8-15(27-2)9-6-13)22-19(24)12-23(28(3,25)26)18-10-7-14(20)11-16(18)21/h5-11,17H,4,12H2,1-3H3,(H,22,24)/t17-/m0/s1. The first-order valence-electron chi connectivity index (χ1n) is 8.51. The smallest absolute Gasteiger partial charge is 0.241 e. The molecule has 0 bridgehead atoms. The number of benzene rings is 2. The van der Waals surface area contributed by atoms with Crippen LogP contribution in [0.4, 0.5) is 14.5 Å². The molecule has 0 fully saturated rings. The average Bonchev–Trinajstić information content (AvgIpc) is 2.64. The zero-order valence-corrected chi connectivity index (χ0v) is 16.6. The van der Waals surface area contributed by atoms with Crippen molar-refractivity contribution in [2.45, 2.75) is 19.4 Å². The summed E-state index contributed by atoms with van der Waals surface area (Å²) in [6, 6.07) is 9.21.